The van der Waals surface area contributed by atoms with E-state index in [1.807, 2.05) is 18.3 Å². The Bertz CT molecular complexity index is 491. The minimum Gasteiger partial charge on any atom is -0.317 e. The van der Waals surface area contributed by atoms with Gasteiger partial charge in [-0.1, -0.05) is 12.5 Å². The van der Waals surface area contributed by atoms with Gasteiger partial charge in [0.05, 0.1) is 6.54 Å². The zero-order chi connectivity index (χ0) is 16.0. The number of hydrogen-bond acceptors (Lipinski definition) is 4. The third-order valence-corrected chi connectivity index (χ3v) is 5.37. The van der Waals surface area contributed by atoms with Crippen LogP contribution in [0.3, 0.4) is 0 Å². The van der Waals surface area contributed by atoms with Crippen molar-refractivity contribution in [2.24, 2.45) is 5.41 Å². The fraction of sp³-hybridized carbons (Fsp3) is 0.684. The summed E-state index contributed by atoms with van der Waals surface area (Å²) < 4.78 is 0. The molecule has 2 aliphatic heterocycles. The fourth-order valence-corrected chi connectivity index (χ4v) is 4.10. The number of aromatic nitrogens is 1. The van der Waals surface area contributed by atoms with E-state index < -0.39 is 0 Å². The summed E-state index contributed by atoms with van der Waals surface area (Å²) in [5, 5.41) is 3.44. The first-order chi connectivity index (χ1) is 11.3. The second-order valence-electron chi connectivity index (χ2n) is 7.30. The molecule has 126 valence electrons. The molecular weight excluding hydrogens is 286 g/mol. The number of pyridine rings is 1. The number of Topliss-reactive ketones (excluding diaryl/α,β-unsaturated/α-hetero) is 1. The van der Waals surface area contributed by atoms with Gasteiger partial charge in [-0.25, -0.2) is 0 Å². The Morgan fingerprint density at radius 3 is 2.65 bits per heavy atom. The van der Waals surface area contributed by atoms with E-state index in [0.29, 0.717) is 18.7 Å². The molecule has 2 saturated heterocycles. The normalized spacial score (nSPS) is 21.9. The molecule has 0 radical (unpaired) electrons. The molecular formula is C19H29N3O. The molecule has 0 aromatic carbocycles. The summed E-state index contributed by atoms with van der Waals surface area (Å²) in [6, 6.07) is 6.10. The van der Waals surface area contributed by atoms with Crippen molar-refractivity contribution in [2.45, 2.75) is 44.9 Å². The van der Waals surface area contributed by atoms with Gasteiger partial charge in [-0.2, -0.15) is 0 Å². The van der Waals surface area contributed by atoms with E-state index in [2.05, 4.69) is 21.3 Å². The lowest BCUT2D eigenvalue weighted by Crippen LogP contribution is -2.42. The highest BCUT2D eigenvalue weighted by atomic mass is 16.1. The summed E-state index contributed by atoms with van der Waals surface area (Å²) in [5.41, 5.74) is 1.23. The Morgan fingerprint density at radius 1 is 1.17 bits per heavy atom. The first-order valence-electron chi connectivity index (χ1n) is 9.11. The van der Waals surface area contributed by atoms with Crippen LogP contribution in [0.25, 0.3) is 0 Å². The molecule has 1 N–H and O–H groups in total. The number of hydrogen-bond donors (Lipinski definition) is 1. The summed E-state index contributed by atoms with van der Waals surface area (Å²) >= 11 is 0. The summed E-state index contributed by atoms with van der Waals surface area (Å²) in [7, 11) is 0. The number of nitrogens with one attached hydrogen (secondary N) is 1. The molecule has 0 amide bonds. The van der Waals surface area contributed by atoms with E-state index in [1.54, 1.807) is 0 Å². The maximum atomic E-state index is 12.7. The SMILES string of the molecule is O=C(CN1CCCCC1)CC1(Cc2ccccn2)CCNCC1. The molecule has 4 nitrogen and oxygen atoms in total. The van der Waals surface area contributed by atoms with Gasteiger partial charge < -0.3 is 5.32 Å². The maximum Gasteiger partial charge on any atom is 0.147 e. The highest BCUT2D eigenvalue weighted by molar-refractivity contribution is 5.81. The van der Waals surface area contributed by atoms with Gasteiger partial charge in [-0.3, -0.25) is 14.7 Å². The van der Waals surface area contributed by atoms with Crippen LogP contribution in [0.15, 0.2) is 24.4 Å². The van der Waals surface area contributed by atoms with Crippen LogP contribution in [0, 0.1) is 5.41 Å². The van der Waals surface area contributed by atoms with Gasteiger partial charge in [0.15, 0.2) is 0 Å². The van der Waals surface area contributed by atoms with Crippen LogP contribution in [-0.4, -0.2) is 48.4 Å². The molecule has 0 atom stereocenters. The number of carbonyl (C=O) groups excluding carboxylic acids is 1. The largest absolute Gasteiger partial charge is 0.317 e. The predicted octanol–water partition coefficient (Wildman–Crippen LogP) is 2.44. The molecule has 0 unspecified atom stereocenters. The van der Waals surface area contributed by atoms with Gasteiger partial charge in [0.25, 0.3) is 0 Å². The Labute approximate surface area is 139 Å². The van der Waals surface area contributed by atoms with E-state index in [9.17, 15) is 4.79 Å². The van der Waals surface area contributed by atoms with Crippen LogP contribution in [0.4, 0.5) is 0 Å². The van der Waals surface area contributed by atoms with E-state index in [1.165, 1.54) is 19.3 Å². The van der Waals surface area contributed by atoms with Crippen LogP contribution in [0.2, 0.25) is 0 Å². The summed E-state index contributed by atoms with van der Waals surface area (Å²) in [5.74, 6) is 0.421. The van der Waals surface area contributed by atoms with Crippen molar-refractivity contribution < 1.29 is 4.79 Å². The van der Waals surface area contributed by atoms with Gasteiger partial charge in [0, 0.05) is 18.3 Å². The number of rotatable bonds is 6. The molecule has 23 heavy (non-hydrogen) atoms. The molecule has 0 bridgehead atoms. The molecule has 0 saturated carbocycles. The fourth-order valence-electron chi connectivity index (χ4n) is 4.10. The van der Waals surface area contributed by atoms with Crippen LogP contribution < -0.4 is 5.32 Å². The molecule has 2 aliphatic rings. The summed E-state index contributed by atoms with van der Waals surface area (Å²) in [4.78, 5) is 19.5. The number of nitrogens with zero attached hydrogens (tertiary/aromatic N) is 2. The van der Waals surface area contributed by atoms with E-state index in [0.717, 1.165) is 51.1 Å². The number of ketones is 1. The standard InChI is InChI=1S/C19H29N3O/c23-18(16-22-12-4-1-5-13-22)15-19(7-10-20-11-8-19)14-17-6-2-3-9-21-17/h2-3,6,9,20H,1,4-5,7-8,10-16H2. The molecule has 0 spiro atoms. The Kier molecular flexibility index (Phi) is 5.79. The van der Waals surface area contributed by atoms with Crippen LogP contribution in [-0.2, 0) is 11.2 Å². The molecule has 3 rings (SSSR count). The van der Waals surface area contributed by atoms with E-state index >= 15 is 0 Å². The van der Waals surface area contributed by atoms with Crippen molar-refractivity contribution in [3.05, 3.63) is 30.1 Å². The lowest BCUT2D eigenvalue weighted by molar-refractivity contribution is -0.123. The van der Waals surface area contributed by atoms with Crippen molar-refractivity contribution in [3.8, 4) is 0 Å². The van der Waals surface area contributed by atoms with Crippen molar-refractivity contribution in [3.63, 3.8) is 0 Å². The average Bonchev–Trinajstić information content (AvgIpc) is 2.57. The Morgan fingerprint density at radius 2 is 1.96 bits per heavy atom. The first kappa shape index (κ1) is 16.6. The average molecular weight is 315 g/mol. The highest BCUT2D eigenvalue weighted by Crippen LogP contribution is 2.36. The van der Waals surface area contributed by atoms with Crippen molar-refractivity contribution >= 4 is 5.78 Å². The molecule has 4 heteroatoms. The molecule has 1 aromatic heterocycles. The lowest BCUT2D eigenvalue weighted by Gasteiger charge is -2.38. The predicted molar refractivity (Wildman–Crippen MR) is 92.4 cm³/mol. The van der Waals surface area contributed by atoms with Crippen molar-refractivity contribution in [2.75, 3.05) is 32.7 Å². The summed E-state index contributed by atoms with van der Waals surface area (Å²) in [6.07, 6.45) is 9.47. The van der Waals surface area contributed by atoms with E-state index in [4.69, 9.17) is 0 Å². The first-order valence-corrected chi connectivity index (χ1v) is 9.11. The van der Waals surface area contributed by atoms with Gasteiger partial charge in [-0.15, -0.1) is 0 Å². The third-order valence-electron chi connectivity index (χ3n) is 5.37. The van der Waals surface area contributed by atoms with Crippen molar-refractivity contribution in [1.82, 2.24) is 15.2 Å². The van der Waals surface area contributed by atoms with Crippen LogP contribution in [0.1, 0.15) is 44.2 Å². The minimum atomic E-state index is 0.104. The zero-order valence-corrected chi connectivity index (χ0v) is 14.1. The molecule has 0 aliphatic carbocycles. The number of carbonyl (C=O) groups is 1. The zero-order valence-electron chi connectivity index (χ0n) is 14.1. The van der Waals surface area contributed by atoms with Gasteiger partial charge in [0.1, 0.15) is 5.78 Å². The Balaban J connectivity index is 1.62. The third kappa shape index (κ3) is 4.85. The molecule has 1 aromatic rings. The van der Waals surface area contributed by atoms with Gasteiger partial charge >= 0.3 is 0 Å². The second kappa shape index (κ2) is 8.02. The smallest absolute Gasteiger partial charge is 0.147 e. The quantitative estimate of drug-likeness (QED) is 0.876. The lowest BCUT2D eigenvalue weighted by atomic mass is 9.71. The Hall–Kier alpha value is -1.26. The maximum absolute atomic E-state index is 12.7. The highest BCUT2D eigenvalue weighted by Gasteiger charge is 2.35. The summed E-state index contributed by atoms with van der Waals surface area (Å²) in [6.45, 7) is 4.88. The number of likely N-dealkylation sites (tertiary alicyclic amines) is 1. The minimum absolute atomic E-state index is 0.104. The van der Waals surface area contributed by atoms with Gasteiger partial charge in [0.2, 0.25) is 0 Å². The van der Waals surface area contributed by atoms with Gasteiger partial charge in [-0.05, 0) is 75.8 Å². The molecule has 3 heterocycles. The molecule has 2 fully saturated rings. The van der Waals surface area contributed by atoms with Crippen molar-refractivity contribution in [1.29, 1.82) is 0 Å². The monoisotopic (exact) mass is 315 g/mol. The van der Waals surface area contributed by atoms with Crippen LogP contribution >= 0.6 is 0 Å². The topological polar surface area (TPSA) is 45.2 Å². The van der Waals surface area contributed by atoms with E-state index in [-0.39, 0.29) is 5.41 Å². The second-order valence-corrected chi connectivity index (χ2v) is 7.30. The number of piperidine rings is 2. The van der Waals surface area contributed by atoms with Crippen LogP contribution in [0.5, 0.6) is 0 Å².